The number of fused-ring (bicyclic) bond motifs is 1. The highest BCUT2D eigenvalue weighted by atomic mass is 16.5. The summed E-state index contributed by atoms with van der Waals surface area (Å²) in [7, 11) is 1.65. The molecule has 2 heterocycles. The molecule has 3 rings (SSSR count). The van der Waals surface area contributed by atoms with Gasteiger partial charge in [0.1, 0.15) is 17.6 Å². The van der Waals surface area contributed by atoms with Crippen LogP contribution in [0.5, 0.6) is 5.75 Å². The van der Waals surface area contributed by atoms with Gasteiger partial charge < -0.3 is 9.30 Å². The molecule has 0 aliphatic carbocycles. The van der Waals surface area contributed by atoms with E-state index in [1.54, 1.807) is 7.11 Å². The average Bonchev–Trinajstić information content (AvgIpc) is 2.86. The lowest BCUT2D eigenvalue weighted by atomic mass is 10.1. The van der Waals surface area contributed by atoms with E-state index in [2.05, 4.69) is 15.6 Å². The number of benzene rings is 1. The Morgan fingerprint density at radius 3 is 3.05 bits per heavy atom. The van der Waals surface area contributed by atoms with Crippen molar-refractivity contribution in [3.8, 4) is 23.2 Å². The molecule has 0 atom stereocenters. The Bertz CT molecular complexity index is 652. The molecule has 4 nitrogen and oxygen atoms in total. The average molecular weight is 253 g/mol. The van der Waals surface area contributed by atoms with Crippen molar-refractivity contribution in [3.63, 3.8) is 0 Å². The van der Waals surface area contributed by atoms with Crippen molar-refractivity contribution in [1.29, 1.82) is 5.26 Å². The molecule has 0 spiro atoms. The lowest BCUT2D eigenvalue weighted by molar-refractivity contribution is 0.415. The standard InChI is InChI=1S/C15H15N3O/c1-19-12-6-4-5-11(9-12)15-17-13(10-16)14-7-2-3-8-18(14)15/h4-6,9H,2-3,7-8H2,1H3. The predicted octanol–water partition coefficient (Wildman–Crippen LogP) is 2.77. The summed E-state index contributed by atoms with van der Waals surface area (Å²) < 4.78 is 7.43. The summed E-state index contributed by atoms with van der Waals surface area (Å²) in [5, 5.41) is 9.20. The van der Waals surface area contributed by atoms with Crippen molar-refractivity contribution in [1.82, 2.24) is 9.55 Å². The van der Waals surface area contributed by atoms with Gasteiger partial charge in [-0.2, -0.15) is 5.26 Å². The summed E-state index contributed by atoms with van der Waals surface area (Å²) in [6.07, 6.45) is 3.23. The Balaban J connectivity index is 2.14. The topological polar surface area (TPSA) is 50.8 Å². The summed E-state index contributed by atoms with van der Waals surface area (Å²) in [4.78, 5) is 4.50. The van der Waals surface area contributed by atoms with Crippen molar-refractivity contribution in [3.05, 3.63) is 35.7 Å². The Labute approximate surface area is 112 Å². The number of aromatic nitrogens is 2. The first-order valence-electron chi connectivity index (χ1n) is 6.47. The van der Waals surface area contributed by atoms with E-state index in [0.717, 1.165) is 48.6 Å². The number of hydrogen-bond acceptors (Lipinski definition) is 3. The molecule has 1 aliphatic rings. The van der Waals surface area contributed by atoms with Gasteiger partial charge >= 0.3 is 0 Å². The third-order valence-electron chi connectivity index (χ3n) is 3.55. The van der Waals surface area contributed by atoms with Crippen molar-refractivity contribution < 1.29 is 4.74 Å². The van der Waals surface area contributed by atoms with Crippen molar-refractivity contribution in [2.75, 3.05) is 7.11 Å². The third kappa shape index (κ3) is 1.97. The van der Waals surface area contributed by atoms with Crippen LogP contribution in [0.3, 0.4) is 0 Å². The van der Waals surface area contributed by atoms with E-state index in [9.17, 15) is 5.26 Å². The van der Waals surface area contributed by atoms with Gasteiger partial charge in [0.05, 0.1) is 12.8 Å². The normalized spacial score (nSPS) is 13.7. The Hall–Kier alpha value is -2.28. The molecule has 0 radical (unpaired) electrons. The molecule has 0 bridgehead atoms. The maximum Gasteiger partial charge on any atom is 0.162 e. The Morgan fingerprint density at radius 2 is 2.26 bits per heavy atom. The molecule has 0 fully saturated rings. The molecule has 0 unspecified atom stereocenters. The molecule has 1 aliphatic heterocycles. The third-order valence-corrected chi connectivity index (χ3v) is 3.55. The summed E-state index contributed by atoms with van der Waals surface area (Å²) in [6.45, 7) is 0.941. The summed E-state index contributed by atoms with van der Waals surface area (Å²) >= 11 is 0. The molecule has 1 aromatic carbocycles. The summed E-state index contributed by atoms with van der Waals surface area (Å²) in [5.41, 5.74) is 2.65. The fourth-order valence-corrected chi connectivity index (χ4v) is 2.62. The zero-order valence-electron chi connectivity index (χ0n) is 10.9. The number of rotatable bonds is 2. The second-order valence-corrected chi connectivity index (χ2v) is 4.68. The van der Waals surface area contributed by atoms with Crippen molar-refractivity contribution in [2.45, 2.75) is 25.8 Å². The number of imidazole rings is 1. The van der Waals surface area contributed by atoms with Gasteiger partial charge in [-0.05, 0) is 31.4 Å². The van der Waals surface area contributed by atoms with Crippen LogP contribution in [0.25, 0.3) is 11.4 Å². The molecular weight excluding hydrogens is 238 g/mol. The van der Waals surface area contributed by atoms with E-state index in [0.29, 0.717) is 5.69 Å². The van der Waals surface area contributed by atoms with E-state index in [1.165, 1.54) is 0 Å². The fourth-order valence-electron chi connectivity index (χ4n) is 2.62. The fraction of sp³-hybridized carbons (Fsp3) is 0.333. The van der Waals surface area contributed by atoms with Gasteiger partial charge in [0, 0.05) is 12.1 Å². The van der Waals surface area contributed by atoms with Gasteiger partial charge in [-0.3, -0.25) is 0 Å². The quantitative estimate of drug-likeness (QED) is 0.827. The first-order chi connectivity index (χ1) is 9.33. The molecule has 0 saturated carbocycles. The van der Waals surface area contributed by atoms with Crippen LogP contribution in [-0.2, 0) is 13.0 Å². The van der Waals surface area contributed by atoms with Crippen LogP contribution in [-0.4, -0.2) is 16.7 Å². The van der Waals surface area contributed by atoms with Gasteiger partial charge in [-0.1, -0.05) is 12.1 Å². The molecule has 4 heteroatoms. The Kier molecular flexibility index (Phi) is 2.96. The summed E-state index contributed by atoms with van der Waals surface area (Å²) in [5.74, 6) is 1.69. The second kappa shape index (κ2) is 4.77. The number of ether oxygens (including phenoxy) is 1. The van der Waals surface area contributed by atoms with E-state index in [4.69, 9.17) is 4.74 Å². The molecule has 19 heavy (non-hydrogen) atoms. The maximum atomic E-state index is 9.20. The first-order valence-corrected chi connectivity index (χ1v) is 6.47. The number of nitrogens with zero attached hydrogens (tertiary/aromatic N) is 3. The Morgan fingerprint density at radius 1 is 1.37 bits per heavy atom. The minimum atomic E-state index is 0.567. The minimum absolute atomic E-state index is 0.567. The van der Waals surface area contributed by atoms with Gasteiger partial charge in [0.25, 0.3) is 0 Å². The SMILES string of the molecule is COc1cccc(-c2nc(C#N)c3n2CCCC3)c1. The summed E-state index contributed by atoms with van der Waals surface area (Å²) in [6, 6.07) is 10.0. The van der Waals surface area contributed by atoms with E-state index in [-0.39, 0.29) is 0 Å². The first kappa shape index (κ1) is 11.8. The molecule has 2 aromatic rings. The van der Waals surface area contributed by atoms with Crippen LogP contribution in [0.2, 0.25) is 0 Å². The zero-order chi connectivity index (χ0) is 13.2. The second-order valence-electron chi connectivity index (χ2n) is 4.68. The van der Waals surface area contributed by atoms with Gasteiger partial charge in [0.2, 0.25) is 0 Å². The zero-order valence-corrected chi connectivity index (χ0v) is 10.9. The van der Waals surface area contributed by atoms with Crippen LogP contribution in [0.1, 0.15) is 24.2 Å². The van der Waals surface area contributed by atoms with E-state index in [1.807, 2.05) is 24.3 Å². The smallest absolute Gasteiger partial charge is 0.162 e. The lowest BCUT2D eigenvalue weighted by Gasteiger charge is -2.16. The van der Waals surface area contributed by atoms with Crippen LogP contribution >= 0.6 is 0 Å². The monoisotopic (exact) mass is 253 g/mol. The van der Waals surface area contributed by atoms with Crippen LogP contribution in [0, 0.1) is 11.3 Å². The lowest BCUT2D eigenvalue weighted by Crippen LogP contribution is -2.11. The highest BCUT2D eigenvalue weighted by Gasteiger charge is 2.20. The molecule has 0 amide bonds. The molecule has 0 saturated heterocycles. The maximum absolute atomic E-state index is 9.20. The number of methoxy groups -OCH3 is 1. The number of hydrogen-bond donors (Lipinski definition) is 0. The molecule has 96 valence electrons. The van der Waals surface area contributed by atoms with Gasteiger partial charge in [-0.15, -0.1) is 0 Å². The van der Waals surface area contributed by atoms with Crippen molar-refractivity contribution in [2.24, 2.45) is 0 Å². The predicted molar refractivity (Wildman–Crippen MR) is 71.9 cm³/mol. The molecular formula is C15H15N3O. The van der Waals surface area contributed by atoms with Crippen LogP contribution < -0.4 is 4.74 Å². The van der Waals surface area contributed by atoms with Gasteiger partial charge in [-0.25, -0.2) is 4.98 Å². The largest absolute Gasteiger partial charge is 0.497 e. The molecule has 1 aromatic heterocycles. The highest BCUT2D eigenvalue weighted by Crippen LogP contribution is 2.29. The van der Waals surface area contributed by atoms with Gasteiger partial charge in [0.15, 0.2) is 5.69 Å². The van der Waals surface area contributed by atoms with E-state index < -0.39 is 0 Å². The van der Waals surface area contributed by atoms with E-state index >= 15 is 0 Å². The minimum Gasteiger partial charge on any atom is -0.497 e. The van der Waals surface area contributed by atoms with Crippen molar-refractivity contribution >= 4 is 0 Å². The van der Waals surface area contributed by atoms with Crippen LogP contribution in [0.15, 0.2) is 24.3 Å². The highest BCUT2D eigenvalue weighted by molar-refractivity contribution is 5.60. The van der Waals surface area contributed by atoms with Crippen LogP contribution in [0.4, 0.5) is 0 Å². The molecule has 0 N–H and O–H groups in total. The number of nitriles is 1.